The number of carbonyl (C=O) groups is 2. The molecule has 0 spiro atoms. The molecule has 0 aromatic heterocycles. The van der Waals surface area contributed by atoms with E-state index in [1.165, 1.54) is 4.90 Å². The summed E-state index contributed by atoms with van der Waals surface area (Å²) in [5.41, 5.74) is 2.85. The summed E-state index contributed by atoms with van der Waals surface area (Å²) in [5.74, 6) is 0.670. The van der Waals surface area contributed by atoms with Gasteiger partial charge in [-0.05, 0) is 44.9 Å². The van der Waals surface area contributed by atoms with Gasteiger partial charge < -0.3 is 19.9 Å². The number of esters is 1. The molecule has 29 heavy (non-hydrogen) atoms. The monoisotopic (exact) mass is 416 g/mol. The molecule has 2 aliphatic rings. The van der Waals surface area contributed by atoms with Crippen LogP contribution in [0.4, 0.5) is 10.5 Å². The number of hydrogen-bond donors (Lipinski definition) is 1. The van der Waals surface area contributed by atoms with Gasteiger partial charge in [0.25, 0.3) is 0 Å². The van der Waals surface area contributed by atoms with Crippen LogP contribution in [0.2, 0.25) is 0 Å². The first kappa shape index (κ1) is 21.2. The van der Waals surface area contributed by atoms with Crippen LogP contribution in [0.3, 0.4) is 0 Å². The maximum Gasteiger partial charge on any atom is 0.338 e. The van der Waals surface area contributed by atoms with Crippen molar-refractivity contribution >= 4 is 34.6 Å². The average molecular weight is 417 g/mol. The number of anilines is 1. The number of hydrogen-bond acceptors (Lipinski definition) is 6. The fourth-order valence-corrected chi connectivity index (χ4v) is 4.40. The molecule has 2 aliphatic heterocycles. The molecule has 8 heteroatoms. The van der Waals surface area contributed by atoms with Crippen molar-refractivity contribution in [3.05, 3.63) is 41.1 Å². The topological polar surface area (TPSA) is 74.2 Å². The predicted molar refractivity (Wildman–Crippen MR) is 117 cm³/mol. The molecular formula is C21H28N4O3S. The molecular weight excluding hydrogens is 388 g/mol. The van der Waals surface area contributed by atoms with E-state index in [0.717, 1.165) is 29.4 Å². The number of aliphatic imine (C=N–C) groups is 1. The van der Waals surface area contributed by atoms with E-state index in [4.69, 9.17) is 9.73 Å². The zero-order valence-electron chi connectivity index (χ0n) is 17.6. The second kappa shape index (κ2) is 8.90. The molecule has 1 aromatic rings. The van der Waals surface area contributed by atoms with E-state index in [9.17, 15) is 9.59 Å². The molecule has 2 amide bonds. The molecule has 1 saturated heterocycles. The molecule has 1 unspecified atom stereocenters. The van der Waals surface area contributed by atoms with Gasteiger partial charge in [-0.25, -0.2) is 14.6 Å². The number of fused-ring (bicyclic) bond motifs is 1. The summed E-state index contributed by atoms with van der Waals surface area (Å²) in [5, 5.41) is 3.81. The number of urea groups is 1. The van der Waals surface area contributed by atoms with Gasteiger partial charge in [0.05, 0.1) is 23.4 Å². The van der Waals surface area contributed by atoms with Gasteiger partial charge in [0.1, 0.15) is 0 Å². The number of carbonyl (C=O) groups excluding carboxylic acids is 2. The van der Waals surface area contributed by atoms with Gasteiger partial charge in [-0.2, -0.15) is 0 Å². The Labute approximate surface area is 176 Å². The number of amides is 2. The third-order valence-corrected chi connectivity index (χ3v) is 5.76. The maximum absolute atomic E-state index is 13.0. The Hall–Kier alpha value is -2.48. The van der Waals surface area contributed by atoms with Crippen molar-refractivity contribution in [1.82, 2.24) is 9.80 Å². The van der Waals surface area contributed by atoms with Gasteiger partial charge in [-0.3, -0.25) is 0 Å². The van der Waals surface area contributed by atoms with Gasteiger partial charge in [0.2, 0.25) is 0 Å². The van der Waals surface area contributed by atoms with Crippen molar-refractivity contribution in [1.29, 1.82) is 0 Å². The van der Waals surface area contributed by atoms with Crippen LogP contribution < -0.4 is 5.32 Å². The van der Waals surface area contributed by atoms with Crippen LogP contribution in [-0.4, -0.2) is 59.5 Å². The predicted octanol–water partition coefficient (Wildman–Crippen LogP) is 3.86. The molecule has 2 heterocycles. The Balaban J connectivity index is 2.02. The molecule has 1 N–H and O–H groups in total. The van der Waals surface area contributed by atoms with Crippen molar-refractivity contribution in [3.8, 4) is 0 Å². The normalized spacial score (nSPS) is 18.9. The molecule has 0 saturated carbocycles. The van der Waals surface area contributed by atoms with Crippen molar-refractivity contribution < 1.29 is 14.3 Å². The first-order valence-electron chi connectivity index (χ1n) is 9.76. The third kappa shape index (κ3) is 4.75. The maximum atomic E-state index is 13.0. The summed E-state index contributed by atoms with van der Waals surface area (Å²) in [6.07, 6.45) is 0.804. The Morgan fingerprint density at radius 2 is 2.10 bits per heavy atom. The smallest absolute Gasteiger partial charge is 0.338 e. The molecule has 0 aliphatic carbocycles. The summed E-state index contributed by atoms with van der Waals surface area (Å²) >= 11 is 1.71. The van der Waals surface area contributed by atoms with Crippen molar-refractivity contribution in [2.75, 3.05) is 31.7 Å². The first-order chi connectivity index (χ1) is 13.8. The first-order valence-corrected chi connectivity index (χ1v) is 10.7. The Morgan fingerprint density at radius 1 is 1.34 bits per heavy atom. The molecule has 3 rings (SSSR count). The molecule has 1 fully saturated rings. The molecule has 156 valence electrons. The molecule has 1 atom stereocenters. The van der Waals surface area contributed by atoms with Crippen molar-refractivity contribution in [2.24, 2.45) is 4.99 Å². The highest BCUT2D eigenvalue weighted by Crippen LogP contribution is 2.40. The van der Waals surface area contributed by atoms with E-state index in [-0.39, 0.29) is 24.1 Å². The molecule has 0 radical (unpaired) electrons. The van der Waals surface area contributed by atoms with E-state index in [0.29, 0.717) is 17.0 Å². The fraction of sp³-hybridized carbons (Fsp3) is 0.476. The number of benzene rings is 1. The van der Waals surface area contributed by atoms with Crippen LogP contribution >= 0.6 is 11.8 Å². The van der Waals surface area contributed by atoms with Gasteiger partial charge in [-0.15, -0.1) is 0 Å². The van der Waals surface area contributed by atoms with E-state index >= 15 is 0 Å². The molecule has 1 aromatic carbocycles. The van der Waals surface area contributed by atoms with Gasteiger partial charge >= 0.3 is 12.0 Å². The largest absolute Gasteiger partial charge is 0.459 e. The second-order valence-electron chi connectivity index (χ2n) is 7.60. The third-order valence-electron chi connectivity index (χ3n) is 4.68. The van der Waals surface area contributed by atoms with Crippen LogP contribution in [-0.2, 0) is 9.53 Å². The standard InChI is InChI=1S/C21H28N4O3S/c1-13(2)28-19(26)17-14(3)22-21-25(10-7-11-29-21)18(17)15-8-6-9-16(12-15)23-20(27)24(4)5/h6,8-9,12-13,18H,7,10-11H2,1-5H3,(H,23,27). The average Bonchev–Trinajstić information content (AvgIpc) is 2.66. The number of allylic oxidation sites excluding steroid dienone is 1. The van der Waals surface area contributed by atoms with Crippen LogP contribution in [0.5, 0.6) is 0 Å². The van der Waals surface area contributed by atoms with Crippen LogP contribution in [0.25, 0.3) is 0 Å². The number of rotatable bonds is 4. The Bertz CT molecular complexity index is 863. The lowest BCUT2D eigenvalue weighted by Gasteiger charge is -2.40. The summed E-state index contributed by atoms with van der Waals surface area (Å²) in [6, 6.07) is 7.14. The highest BCUT2D eigenvalue weighted by Gasteiger charge is 2.38. The van der Waals surface area contributed by atoms with E-state index in [1.807, 2.05) is 45.0 Å². The van der Waals surface area contributed by atoms with Crippen molar-refractivity contribution in [2.45, 2.75) is 39.3 Å². The van der Waals surface area contributed by atoms with Crippen LogP contribution in [0.15, 0.2) is 40.5 Å². The number of nitrogens with one attached hydrogen (secondary N) is 1. The lowest BCUT2D eigenvalue weighted by molar-refractivity contribution is -0.143. The highest BCUT2D eigenvalue weighted by atomic mass is 32.2. The zero-order chi connectivity index (χ0) is 21.1. The number of nitrogens with zero attached hydrogens (tertiary/aromatic N) is 3. The molecule has 7 nitrogen and oxygen atoms in total. The minimum atomic E-state index is -0.344. The summed E-state index contributed by atoms with van der Waals surface area (Å²) in [6.45, 7) is 6.36. The van der Waals surface area contributed by atoms with Gasteiger partial charge in [0, 0.05) is 32.1 Å². The number of thioether (sulfide) groups is 1. The quantitative estimate of drug-likeness (QED) is 0.755. The summed E-state index contributed by atoms with van der Waals surface area (Å²) in [4.78, 5) is 33.4. The summed E-state index contributed by atoms with van der Waals surface area (Å²) in [7, 11) is 3.39. The van der Waals surface area contributed by atoms with Crippen LogP contribution in [0.1, 0.15) is 38.8 Å². The Morgan fingerprint density at radius 3 is 2.79 bits per heavy atom. The SMILES string of the molecule is CC1=C(C(=O)OC(C)C)C(c2cccc(NC(=O)N(C)C)c2)N2CCCSC2=N1. The zero-order valence-corrected chi connectivity index (χ0v) is 18.4. The van der Waals surface area contributed by atoms with E-state index in [1.54, 1.807) is 25.9 Å². The second-order valence-corrected chi connectivity index (χ2v) is 8.66. The number of ether oxygens (including phenoxy) is 1. The lowest BCUT2D eigenvalue weighted by Crippen LogP contribution is -2.42. The van der Waals surface area contributed by atoms with E-state index < -0.39 is 0 Å². The van der Waals surface area contributed by atoms with Crippen LogP contribution in [0, 0.1) is 0 Å². The number of amidine groups is 1. The molecule has 0 bridgehead atoms. The van der Waals surface area contributed by atoms with Gasteiger partial charge in [-0.1, -0.05) is 23.9 Å². The van der Waals surface area contributed by atoms with E-state index in [2.05, 4.69) is 10.2 Å². The minimum Gasteiger partial charge on any atom is -0.459 e. The minimum absolute atomic E-state index is 0.201. The summed E-state index contributed by atoms with van der Waals surface area (Å²) < 4.78 is 5.54. The highest BCUT2D eigenvalue weighted by molar-refractivity contribution is 8.13. The fourth-order valence-electron chi connectivity index (χ4n) is 3.38. The van der Waals surface area contributed by atoms with Gasteiger partial charge in [0.15, 0.2) is 5.17 Å². The lowest BCUT2D eigenvalue weighted by atomic mass is 9.94. The Kier molecular flexibility index (Phi) is 6.52. The van der Waals surface area contributed by atoms with Crippen molar-refractivity contribution in [3.63, 3.8) is 0 Å².